The second-order valence-corrected chi connectivity index (χ2v) is 8.14. The van der Waals surface area contributed by atoms with Crippen LogP contribution in [0.2, 0.25) is 0 Å². The highest BCUT2D eigenvalue weighted by Gasteiger charge is 2.29. The van der Waals surface area contributed by atoms with Crippen LogP contribution in [0.1, 0.15) is 59.3 Å². The molecule has 0 aliphatic rings. The van der Waals surface area contributed by atoms with E-state index in [2.05, 4.69) is 16.0 Å². The minimum absolute atomic E-state index is 0.0147. The maximum absolute atomic E-state index is 12.9. The zero-order chi connectivity index (χ0) is 24.8. The molecule has 0 aliphatic heterocycles. The number of carbonyl (C=O) groups is 5. The monoisotopic (exact) mass is 459 g/mol. The first kappa shape index (κ1) is 29.3. The van der Waals surface area contributed by atoms with Crippen molar-refractivity contribution >= 4 is 29.7 Å². The lowest BCUT2D eigenvalue weighted by Crippen LogP contribution is -2.57. The molecule has 184 valence electrons. The van der Waals surface area contributed by atoms with E-state index in [1.807, 2.05) is 13.8 Å². The molecule has 4 atom stereocenters. The number of nitrogens with one attached hydrogen (secondary N) is 3. The van der Waals surface area contributed by atoms with Gasteiger partial charge in [0, 0.05) is 6.42 Å². The van der Waals surface area contributed by atoms with Crippen LogP contribution in [0.15, 0.2) is 0 Å². The van der Waals surface area contributed by atoms with Gasteiger partial charge in [-0.15, -0.1) is 0 Å². The first-order chi connectivity index (χ1) is 14.9. The minimum atomic E-state index is -1.21. The van der Waals surface area contributed by atoms with Crippen molar-refractivity contribution in [2.75, 3.05) is 6.54 Å². The summed E-state index contributed by atoms with van der Waals surface area (Å²) in [7, 11) is 0. The Balaban J connectivity index is 5.32. The zero-order valence-corrected chi connectivity index (χ0v) is 18.9. The third kappa shape index (κ3) is 12.2. The lowest BCUT2D eigenvalue weighted by atomic mass is 10.0. The number of hydrogen-bond acceptors (Lipinski definition) is 7. The van der Waals surface area contributed by atoms with Crippen LogP contribution >= 0.6 is 0 Å². The molecule has 0 spiro atoms. The van der Waals surface area contributed by atoms with Crippen molar-refractivity contribution in [3.63, 3.8) is 0 Å². The molecule has 4 unspecified atom stereocenters. The second-order valence-electron chi connectivity index (χ2n) is 8.14. The molecule has 0 aliphatic carbocycles. The van der Waals surface area contributed by atoms with Crippen LogP contribution in [0.4, 0.5) is 0 Å². The molecule has 0 fully saturated rings. The molecular formula is C20H37N5O7. The molecule has 3 amide bonds. The Hall–Kier alpha value is -2.73. The number of nitrogens with two attached hydrogens (primary N) is 2. The van der Waals surface area contributed by atoms with Crippen LogP contribution in [0.5, 0.6) is 0 Å². The van der Waals surface area contributed by atoms with E-state index >= 15 is 0 Å². The van der Waals surface area contributed by atoms with E-state index in [0.29, 0.717) is 19.4 Å². The quantitative estimate of drug-likeness (QED) is 0.139. The van der Waals surface area contributed by atoms with Gasteiger partial charge in [0.1, 0.15) is 18.1 Å². The first-order valence-corrected chi connectivity index (χ1v) is 10.7. The Kier molecular flexibility index (Phi) is 13.8. The summed E-state index contributed by atoms with van der Waals surface area (Å²) in [6.45, 7) is 5.39. The van der Waals surface area contributed by atoms with Gasteiger partial charge in [0.15, 0.2) is 0 Å². The molecule has 0 rings (SSSR count). The van der Waals surface area contributed by atoms with E-state index in [0.717, 1.165) is 0 Å². The van der Waals surface area contributed by atoms with Gasteiger partial charge in [-0.3, -0.25) is 24.0 Å². The van der Waals surface area contributed by atoms with Crippen molar-refractivity contribution in [3.05, 3.63) is 0 Å². The van der Waals surface area contributed by atoms with E-state index in [4.69, 9.17) is 21.7 Å². The summed E-state index contributed by atoms with van der Waals surface area (Å²) in [4.78, 5) is 59.5. The highest BCUT2D eigenvalue weighted by Crippen LogP contribution is 2.08. The van der Waals surface area contributed by atoms with Gasteiger partial charge in [-0.2, -0.15) is 0 Å². The summed E-state index contributed by atoms with van der Waals surface area (Å²) in [5.74, 6) is -4.24. The predicted octanol–water partition coefficient (Wildman–Crippen LogP) is -1.09. The molecule has 0 aromatic rings. The summed E-state index contributed by atoms with van der Waals surface area (Å²) in [5.41, 5.74) is 11.2. The number of rotatable bonds is 16. The normalized spacial score (nSPS) is 14.7. The average Bonchev–Trinajstić information content (AvgIpc) is 2.69. The van der Waals surface area contributed by atoms with Gasteiger partial charge in [0.2, 0.25) is 17.7 Å². The van der Waals surface area contributed by atoms with Gasteiger partial charge in [0.05, 0.1) is 6.04 Å². The second kappa shape index (κ2) is 15.1. The first-order valence-electron chi connectivity index (χ1n) is 10.7. The molecular weight excluding hydrogens is 422 g/mol. The summed E-state index contributed by atoms with van der Waals surface area (Å²) < 4.78 is 0. The summed E-state index contributed by atoms with van der Waals surface area (Å²) in [6.07, 6.45) is 1.24. The van der Waals surface area contributed by atoms with Crippen LogP contribution in [0.25, 0.3) is 0 Å². The van der Waals surface area contributed by atoms with Crippen molar-refractivity contribution < 1.29 is 34.2 Å². The van der Waals surface area contributed by atoms with Crippen molar-refractivity contribution in [1.29, 1.82) is 0 Å². The number of amides is 3. The minimum Gasteiger partial charge on any atom is -0.481 e. The van der Waals surface area contributed by atoms with Gasteiger partial charge in [0.25, 0.3) is 0 Å². The Morgan fingerprint density at radius 2 is 1.38 bits per heavy atom. The Morgan fingerprint density at radius 1 is 0.812 bits per heavy atom. The summed E-state index contributed by atoms with van der Waals surface area (Å²) in [5, 5.41) is 25.2. The van der Waals surface area contributed by atoms with Crippen molar-refractivity contribution in [1.82, 2.24) is 16.0 Å². The van der Waals surface area contributed by atoms with Crippen molar-refractivity contribution in [2.24, 2.45) is 17.4 Å². The molecule has 0 radical (unpaired) electrons. The Labute approximate surface area is 187 Å². The zero-order valence-electron chi connectivity index (χ0n) is 18.9. The fraction of sp³-hybridized carbons (Fsp3) is 0.750. The van der Waals surface area contributed by atoms with E-state index in [-0.39, 0.29) is 31.6 Å². The maximum Gasteiger partial charge on any atom is 0.325 e. The Bertz CT molecular complexity index is 656. The number of aliphatic carboxylic acids is 2. The average molecular weight is 460 g/mol. The van der Waals surface area contributed by atoms with Crippen molar-refractivity contribution in [2.45, 2.75) is 83.5 Å². The van der Waals surface area contributed by atoms with Crippen LogP contribution in [-0.2, 0) is 24.0 Å². The standard InChI is InChI=1S/C20H37N5O7/c1-11(2)10-15(19(30)23-12(3)20(31)32)25-18(29)14(6-4-5-9-21)24-17(28)13(22)7-8-16(26)27/h11-15H,4-10,21-22H2,1-3H3,(H,23,30)(H,24,28)(H,25,29)(H,26,27)(H,31,32). The van der Waals surface area contributed by atoms with Crippen LogP contribution in [0.3, 0.4) is 0 Å². The lowest BCUT2D eigenvalue weighted by Gasteiger charge is -2.25. The molecule has 0 saturated carbocycles. The van der Waals surface area contributed by atoms with Gasteiger partial charge in [-0.25, -0.2) is 0 Å². The number of carbonyl (C=O) groups excluding carboxylic acids is 3. The molecule has 0 heterocycles. The molecule has 12 heteroatoms. The number of carboxylic acid groups (broad SMARTS) is 2. The van der Waals surface area contributed by atoms with Gasteiger partial charge >= 0.3 is 11.9 Å². The number of hydrogen-bond donors (Lipinski definition) is 7. The van der Waals surface area contributed by atoms with Crippen LogP contribution in [-0.4, -0.2) is 70.6 Å². The topological polar surface area (TPSA) is 214 Å². The van der Waals surface area contributed by atoms with Crippen LogP contribution < -0.4 is 27.4 Å². The van der Waals surface area contributed by atoms with Gasteiger partial charge in [-0.05, 0) is 51.5 Å². The molecule has 0 aromatic heterocycles. The molecule has 0 aromatic carbocycles. The van der Waals surface area contributed by atoms with Gasteiger partial charge < -0.3 is 37.6 Å². The van der Waals surface area contributed by atoms with E-state index in [1.165, 1.54) is 6.92 Å². The smallest absolute Gasteiger partial charge is 0.325 e. The number of unbranched alkanes of at least 4 members (excludes halogenated alkanes) is 1. The summed E-state index contributed by atoms with van der Waals surface area (Å²) >= 11 is 0. The van der Waals surface area contributed by atoms with Crippen LogP contribution in [0, 0.1) is 5.92 Å². The third-order valence-electron chi connectivity index (χ3n) is 4.66. The largest absolute Gasteiger partial charge is 0.481 e. The highest BCUT2D eigenvalue weighted by atomic mass is 16.4. The lowest BCUT2D eigenvalue weighted by molar-refractivity contribution is -0.142. The maximum atomic E-state index is 12.9. The SMILES string of the molecule is CC(C)CC(NC(=O)C(CCCCN)NC(=O)C(N)CCC(=O)O)C(=O)NC(C)C(=O)O. The van der Waals surface area contributed by atoms with E-state index < -0.39 is 53.8 Å². The van der Waals surface area contributed by atoms with Gasteiger partial charge in [-0.1, -0.05) is 13.8 Å². The molecule has 0 bridgehead atoms. The molecule has 12 nitrogen and oxygen atoms in total. The third-order valence-corrected chi connectivity index (χ3v) is 4.66. The fourth-order valence-corrected chi connectivity index (χ4v) is 2.80. The Morgan fingerprint density at radius 3 is 1.88 bits per heavy atom. The van der Waals surface area contributed by atoms with E-state index in [1.54, 1.807) is 0 Å². The van der Waals surface area contributed by atoms with Crippen molar-refractivity contribution in [3.8, 4) is 0 Å². The molecule has 32 heavy (non-hydrogen) atoms. The molecule has 0 saturated heterocycles. The highest BCUT2D eigenvalue weighted by molar-refractivity contribution is 5.94. The predicted molar refractivity (Wildman–Crippen MR) is 116 cm³/mol. The fourth-order valence-electron chi connectivity index (χ4n) is 2.80. The number of carboxylic acids is 2. The van der Waals surface area contributed by atoms with E-state index in [9.17, 15) is 24.0 Å². The molecule has 9 N–H and O–H groups in total. The summed E-state index contributed by atoms with van der Waals surface area (Å²) in [6, 6.07) is -4.26.